The third-order valence-electron chi connectivity index (χ3n) is 7.09. The molecular formula is C28H37N5O2. The van der Waals surface area contributed by atoms with Gasteiger partial charge in [-0.25, -0.2) is 4.98 Å². The zero-order valence-corrected chi connectivity index (χ0v) is 20.9. The summed E-state index contributed by atoms with van der Waals surface area (Å²) in [5, 5.41) is 13.2. The van der Waals surface area contributed by atoms with Gasteiger partial charge >= 0.3 is 0 Å². The van der Waals surface area contributed by atoms with Crippen molar-refractivity contribution in [1.82, 2.24) is 25.4 Å². The molecule has 0 aliphatic carbocycles. The van der Waals surface area contributed by atoms with Crippen LogP contribution in [-0.2, 0) is 9.59 Å². The molecule has 1 amide bonds. The number of unbranched alkanes of at least 4 members (excludes halogenated alkanes) is 2. The van der Waals surface area contributed by atoms with Gasteiger partial charge in [0.2, 0.25) is 5.91 Å². The second-order valence-corrected chi connectivity index (χ2v) is 9.74. The highest BCUT2D eigenvalue weighted by Crippen LogP contribution is 2.25. The Morgan fingerprint density at radius 2 is 1.86 bits per heavy atom. The highest BCUT2D eigenvalue weighted by molar-refractivity contribution is 5.86. The molecule has 1 aliphatic heterocycles. The largest absolute Gasteiger partial charge is 0.346 e. The summed E-state index contributed by atoms with van der Waals surface area (Å²) < 4.78 is 0. The van der Waals surface area contributed by atoms with Gasteiger partial charge in [-0.3, -0.25) is 14.7 Å². The van der Waals surface area contributed by atoms with Crippen molar-refractivity contribution in [1.29, 1.82) is 0 Å². The number of H-pyrrole nitrogens is 1. The van der Waals surface area contributed by atoms with Crippen LogP contribution in [0.2, 0.25) is 0 Å². The van der Waals surface area contributed by atoms with E-state index in [2.05, 4.69) is 51.7 Å². The predicted octanol–water partition coefficient (Wildman–Crippen LogP) is 5.05. The van der Waals surface area contributed by atoms with Crippen molar-refractivity contribution in [3.05, 3.63) is 48.3 Å². The van der Waals surface area contributed by atoms with Gasteiger partial charge in [-0.05, 0) is 62.7 Å². The van der Waals surface area contributed by atoms with E-state index in [4.69, 9.17) is 4.98 Å². The van der Waals surface area contributed by atoms with Gasteiger partial charge < -0.3 is 10.2 Å². The normalized spacial score (nSPS) is 15.8. The van der Waals surface area contributed by atoms with Crippen molar-refractivity contribution in [3.8, 4) is 11.4 Å². The first-order valence-electron chi connectivity index (χ1n) is 13.0. The van der Waals surface area contributed by atoms with Gasteiger partial charge in [-0.15, -0.1) is 0 Å². The van der Waals surface area contributed by atoms with Gasteiger partial charge in [0.15, 0.2) is 5.82 Å². The molecule has 2 aromatic carbocycles. The van der Waals surface area contributed by atoms with Gasteiger partial charge in [-0.2, -0.15) is 5.10 Å². The Bertz CT molecular complexity index is 1130. The van der Waals surface area contributed by atoms with Crippen LogP contribution < -0.4 is 5.32 Å². The predicted molar refractivity (Wildman–Crippen MR) is 139 cm³/mol. The molecule has 4 rings (SSSR count). The number of piperidine rings is 1. The fourth-order valence-electron chi connectivity index (χ4n) is 4.75. The third-order valence-corrected chi connectivity index (χ3v) is 7.09. The van der Waals surface area contributed by atoms with E-state index >= 15 is 0 Å². The van der Waals surface area contributed by atoms with E-state index in [1.165, 1.54) is 5.39 Å². The topological polar surface area (TPSA) is 91.0 Å². The number of fused-ring (bicyclic) bond motifs is 1. The minimum Gasteiger partial charge on any atom is -0.346 e. The first-order valence-corrected chi connectivity index (χ1v) is 13.0. The number of amides is 1. The van der Waals surface area contributed by atoms with Gasteiger partial charge in [0.25, 0.3) is 0 Å². The van der Waals surface area contributed by atoms with E-state index < -0.39 is 0 Å². The number of aromatic nitrogens is 3. The van der Waals surface area contributed by atoms with Crippen LogP contribution in [0.15, 0.2) is 42.5 Å². The maximum absolute atomic E-state index is 13.1. The first kappa shape index (κ1) is 25.0. The Balaban J connectivity index is 1.45. The quantitative estimate of drug-likeness (QED) is 0.379. The van der Waals surface area contributed by atoms with Crippen molar-refractivity contribution in [3.63, 3.8) is 0 Å². The van der Waals surface area contributed by atoms with Crippen LogP contribution in [-0.4, -0.2) is 51.9 Å². The molecular weight excluding hydrogens is 438 g/mol. The Morgan fingerprint density at radius 3 is 2.63 bits per heavy atom. The van der Waals surface area contributed by atoms with Crippen LogP contribution in [0.3, 0.4) is 0 Å². The molecule has 1 aliphatic rings. The van der Waals surface area contributed by atoms with Crippen LogP contribution in [0, 0.1) is 5.92 Å². The Labute approximate surface area is 207 Å². The monoisotopic (exact) mass is 475 g/mol. The number of ketones is 1. The molecule has 3 aromatic rings. The van der Waals surface area contributed by atoms with Gasteiger partial charge in [0.1, 0.15) is 11.6 Å². The lowest BCUT2D eigenvalue weighted by Gasteiger charge is -2.29. The molecule has 1 atom stereocenters. The van der Waals surface area contributed by atoms with Crippen LogP contribution in [0.5, 0.6) is 0 Å². The maximum atomic E-state index is 13.1. The minimum absolute atomic E-state index is 0.0405. The summed E-state index contributed by atoms with van der Waals surface area (Å²) in [7, 11) is 2.10. The summed E-state index contributed by atoms with van der Waals surface area (Å²) in [6.07, 6.45) is 6.54. The fraction of sp³-hybridized carbons (Fsp3) is 0.500. The van der Waals surface area contributed by atoms with Gasteiger partial charge in [0.05, 0.1) is 6.04 Å². The third kappa shape index (κ3) is 6.75. The molecule has 1 saturated heterocycles. The first-order chi connectivity index (χ1) is 17.0. The number of hydrogen-bond acceptors (Lipinski definition) is 5. The SMILES string of the molecule is CCC(=O)CCCCC[C@H](NC(=O)C1CCN(C)CC1)c1nc(-c2ccc3ccccc3c2)n[nH]1. The van der Waals surface area contributed by atoms with E-state index in [1.807, 2.05) is 25.1 Å². The highest BCUT2D eigenvalue weighted by atomic mass is 16.2. The van der Waals surface area contributed by atoms with Crippen molar-refractivity contribution >= 4 is 22.5 Å². The van der Waals surface area contributed by atoms with Gasteiger partial charge in [-0.1, -0.05) is 56.2 Å². The second kappa shape index (κ2) is 12.1. The van der Waals surface area contributed by atoms with Gasteiger partial charge in [0, 0.05) is 24.3 Å². The minimum atomic E-state index is -0.217. The van der Waals surface area contributed by atoms with E-state index in [0.29, 0.717) is 30.3 Å². The van der Waals surface area contributed by atoms with Crippen LogP contribution in [0.25, 0.3) is 22.2 Å². The molecule has 2 N–H and O–H groups in total. The number of rotatable bonds is 11. The Morgan fingerprint density at radius 1 is 1.09 bits per heavy atom. The number of benzene rings is 2. The number of hydrogen-bond donors (Lipinski definition) is 2. The molecule has 1 aromatic heterocycles. The summed E-state index contributed by atoms with van der Waals surface area (Å²) in [5.74, 6) is 1.79. The number of likely N-dealkylation sites (tertiary alicyclic amines) is 1. The Kier molecular flexibility index (Phi) is 8.64. The molecule has 0 spiro atoms. The molecule has 35 heavy (non-hydrogen) atoms. The summed E-state index contributed by atoms with van der Waals surface area (Å²) >= 11 is 0. The van der Waals surface area contributed by atoms with Crippen molar-refractivity contribution in [2.75, 3.05) is 20.1 Å². The molecule has 0 bridgehead atoms. The average Bonchev–Trinajstić information content (AvgIpc) is 3.38. The smallest absolute Gasteiger partial charge is 0.223 e. The summed E-state index contributed by atoms with van der Waals surface area (Å²) in [6.45, 7) is 3.80. The molecule has 0 saturated carbocycles. The fourth-order valence-corrected chi connectivity index (χ4v) is 4.75. The average molecular weight is 476 g/mol. The Hall–Kier alpha value is -3.06. The number of nitrogens with one attached hydrogen (secondary N) is 2. The maximum Gasteiger partial charge on any atom is 0.223 e. The molecule has 1 fully saturated rings. The summed E-state index contributed by atoms with van der Waals surface area (Å²) in [4.78, 5) is 31.8. The van der Waals surface area contributed by atoms with Crippen molar-refractivity contribution < 1.29 is 9.59 Å². The van der Waals surface area contributed by atoms with Crippen molar-refractivity contribution in [2.45, 2.75) is 64.3 Å². The van der Waals surface area contributed by atoms with E-state index in [0.717, 1.165) is 62.6 Å². The van der Waals surface area contributed by atoms with E-state index in [9.17, 15) is 9.59 Å². The highest BCUT2D eigenvalue weighted by Gasteiger charge is 2.27. The molecule has 0 radical (unpaired) electrons. The number of aromatic amines is 1. The standard InChI is InChI=1S/C28H37N5O2/c1-3-24(34)11-5-4-6-12-25(29-28(35)21-15-17-33(2)18-16-21)27-30-26(31-32-27)23-14-13-20-9-7-8-10-22(20)19-23/h7-10,13-14,19,21,25H,3-6,11-12,15-18H2,1-2H3,(H,29,35)(H,30,31,32)/t25-/m0/s1. The van der Waals surface area contributed by atoms with Crippen molar-refractivity contribution in [2.24, 2.45) is 5.92 Å². The number of nitrogens with zero attached hydrogens (tertiary/aromatic N) is 3. The van der Waals surface area contributed by atoms with Crippen LogP contribution in [0.1, 0.15) is 70.2 Å². The van der Waals surface area contributed by atoms with Crippen LogP contribution >= 0.6 is 0 Å². The molecule has 0 unspecified atom stereocenters. The molecule has 186 valence electrons. The summed E-state index contributed by atoms with van der Waals surface area (Å²) in [6, 6.07) is 14.2. The molecule has 7 nitrogen and oxygen atoms in total. The number of Topliss-reactive ketones (excluding diaryl/α,β-unsaturated/α-hetero) is 1. The summed E-state index contributed by atoms with van der Waals surface area (Å²) in [5.41, 5.74) is 0.949. The lowest BCUT2D eigenvalue weighted by Crippen LogP contribution is -2.40. The number of carbonyl (C=O) groups is 2. The zero-order chi connectivity index (χ0) is 24.6. The molecule has 2 heterocycles. The second-order valence-electron chi connectivity index (χ2n) is 9.74. The van der Waals surface area contributed by atoms with E-state index in [-0.39, 0.29) is 17.9 Å². The van der Waals surface area contributed by atoms with E-state index in [1.54, 1.807) is 0 Å². The lowest BCUT2D eigenvalue weighted by atomic mass is 9.95. The molecule has 7 heteroatoms. The lowest BCUT2D eigenvalue weighted by molar-refractivity contribution is -0.127. The number of carbonyl (C=O) groups excluding carboxylic acids is 2. The zero-order valence-electron chi connectivity index (χ0n) is 20.9. The van der Waals surface area contributed by atoms with Crippen LogP contribution in [0.4, 0.5) is 0 Å².